The number of para-hydroxylation sites is 2. The van der Waals surface area contributed by atoms with Crippen LogP contribution in [0.25, 0.3) is 22.4 Å². The molecule has 1 aliphatic rings. The number of nitrogens with zero attached hydrogens (tertiary/aromatic N) is 2. The molecule has 0 aliphatic carbocycles. The first-order chi connectivity index (χ1) is 16.9. The minimum atomic E-state index is -3.66. The van der Waals surface area contributed by atoms with Gasteiger partial charge in [-0.05, 0) is 61.4 Å². The van der Waals surface area contributed by atoms with Gasteiger partial charge in [0.1, 0.15) is 5.82 Å². The molecule has 0 radical (unpaired) electrons. The Morgan fingerprint density at radius 1 is 1.11 bits per heavy atom. The van der Waals surface area contributed by atoms with Crippen LogP contribution >= 0.6 is 0 Å². The molecule has 1 atom stereocenters. The van der Waals surface area contributed by atoms with E-state index >= 15 is 0 Å². The zero-order chi connectivity index (χ0) is 24.4. The van der Waals surface area contributed by atoms with Crippen LogP contribution in [0.15, 0.2) is 77.7 Å². The first-order valence-corrected chi connectivity index (χ1v) is 12.9. The van der Waals surface area contributed by atoms with Crippen LogP contribution < -0.4 is 5.32 Å². The Hall–Kier alpha value is -3.53. The number of nitrogens with one attached hydrogen (secondary N) is 2. The number of aromatic amines is 1. The van der Waals surface area contributed by atoms with Gasteiger partial charge in [0.2, 0.25) is 10.0 Å². The van der Waals surface area contributed by atoms with Gasteiger partial charge >= 0.3 is 0 Å². The SMILES string of the molecule is CN(CC1CCCO1)S(=O)(=O)c1ccc(C(=O)Nc2cccc(-c3nc4ccccc4[nH]3)c2)cc1. The average molecular weight is 491 g/mol. The quantitative estimate of drug-likeness (QED) is 0.402. The molecule has 9 heteroatoms. The van der Waals surface area contributed by atoms with E-state index in [0.29, 0.717) is 30.2 Å². The summed E-state index contributed by atoms with van der Waals surface area (Å²) in [6.07, 6.45) is 1.73. The molecular formula is C26H26N4O4S. The minimum absolute atomic E-state index is 0.0739. The van der Waals surface area contributed by atoms with Gasteiger partial charge in [0.15, 0.2) is 0 Å². The third kappa shape index (κ3) is 4.97. The summed E-state index contributed by atoms with van der Waals surface area (Å²) in [5, 5.41) is 2.87. The van der Waals surface area contributed by atoms with Crippen LogP contribution in [0.2, 0.25) is 0 Å². The van der Waals surface area contributed by atoms with Crippen molar-refractivity contribution in [3.8, 4) is 11.4 Å². The lowest BCUT2D eigenvalue weighted by Gasteiger charge is -2.20. The van der Waals surface area contributed by atoms with E-state index in [1.165, 1.54) is 28.6 Å². The number of anilines is 1. The maximum atomic E-state index is 12.9. The predicted molar refractivity (Wildman–Crippen MR) is 135 cm³/mol. The molecular weight excluding hydrogens is 464 g/mol. The number of H-pyrrole nitrogens is 1. The van der Waals surface area contributed by atoms with Crippen molar-refractivity contribution in [1.29, 1.82) is 0 Å². The molecule has 1 amide bonds. The van der Waals surface area contributed by atoms with Crippen LogP contribution in [0.4, 0.5) is 5.69 Å². The molecule has 4 aromatic rings. The molecule has 1 fully saturated rings. The van der Waals surface area contributed by atoms with E-state index in [1.54, 1.807) is 13.1 Å². The van der Waals surface area contributed by atoms with Crippen molar-refractivity contribution in [3.63, 3.8) is 0 Å². The van der Waals surface area contributed by atoms with Gasteiger partial charge in [0.25, 0.3) is 5.91 Å². The zero-order valence-electron chi connectivity index (χ0n) is 19.3. The molecule has 0 bridgehead atoms. The molecule has 1 aromatic heterocycles. The Bertz CT molecular complexity index is 1430. The second kappa shape index (κ2) is 9.61. The maximum absolute atomic E-state index is 12.9. The topological polar surface area (TPSA) is 104 Å². The third-order valence-electron chi connectivity index (χ3n) is 6.09. The van der Waals surface area contributed by atoms with Crippen molar-refractivity contribution in [2.45, 2.75) is 23.8 Å². The van der Waals surface area contributed by atoms with Crippen LogP contribution in [-0.2, 0) is 14.8 Å². The summed E-state index contributed by atoms with van der Waals surface area (Å²) in [6.45, 7) is 0.982. The summed E-state index contributed by atoms with van der Waals surface area (Å²) in [5.41, 5.74) is 3.62. The molecule has 1 saturated heterocycles. The normalized spacial score (nSPS) is 16.1. The summed E-state index contributed by atoms with van der Waals surface area (Å²) in [7, 11) is -2.12. The lowest BCUT2D eigenvalue weighted by Crippen LogP contribution is -2.34. The highest BCUT2D eigenvalue weighted by Crippen LogP contribution is 2.24. The van der Waals surface area contributed by atoms with Crippen molar-refractivity contribution in [2.75, 3.05) is 25.5 Å². The lowest BCUT2D eigenvalue weighted by molar-refractivity contribution is 0.0979. The van der Waals surface area contributed by atoms with Gasteiger partial charge in [-0.25, -0.2) is 13.4 Å². The summed E-state index contributed by atoms with van der Waals surface area (Å²) < 4.78 is 32.6. The molecule has 5 rings (SSSR count). The number of sulfonamides is 1. The molecule has 1 aliphatic heterocycles. The van der Waals surface area contributed by atoms with Gasteiger partial charge in [0, 0.05) is 37.0 Å². The fraction of sp³-hybridized carbons (Fsp3) is 0.231. The van der Waals surface area contributed by atoms with Gasteiger partial charge in [-0.1, -0.05) is 24.3 Å². The van der Waals surface area contributed by atoms with Gasteiger partial charge in [-0.2, -0.15) is 4.31 Å². The minimum Gasteiger partial charge on any atom is -0.377 e. The smallest absolute Gasteiger partial charge is 0.255 e. The van der Waals surface area contributed by atoms with E-state index in [-0.39, 0.29) is 16.9 Å². The lowest BCUT2D eigenvalue weighted by atomic mass is 10.1. The first kappa shape index (κ1) is 23.2. The molecule has 0 spiro atoms. The highest BCUT2D eigenvalue weighted by Gasteiger charge is 2.26. The number of aromatic nitrogens is 2. The van der Waals surface area contributed by atoms with E-state index in [9.17, 15) is 13.2 Å². The highest BCUT2D eigenvalue weighted by molar-refractivity contribution is 7.89. The predicted octanol–water partition coefficient (Wildman–Crippen LogP) is 4.28. The number of likely N-dealkylation sites (N-methyl/N-ethyl adjacent to an activating group) is 1. The number of fused-ring (bicyclic) bond motifs is 1. The molecule has 3 aromatic carbocycles. The van der Waals surface area contributed by atoms with Crippen LogP contribution in [0.5, 0.6) is 0 Å². The number of carbonyl (C=O) groups is 1. The summed E-state index contributed by atoms with van der Waals surface area (Å²) in [5.74, 6) is 0.382. The van der Waals surface area contributed by atoms with Crippen LogP contribution in [0.3, 0.4) is 0 Å². The van der Waals surface area contributed by atoms with Crippen LogP contribution in [-0.4, -0.2) is 54.9 Å². The molecule has 180 valence electrons. The fourth-order valence-corrected chi connectivity index (χ4v) is 5.37. The Morgan fingerprint density at radius 2 is 1.91 bits per heavy atom. The number of benzene rings is 3. The van der Waals surface area contributed by atoms with Gasteiger partial charge in [0.05, 0.1) is 22.0 Å². The number of hydrogen-bond acceptors (Lipinski definition) is 5. The number of amides is 1. The number of hydrogen-bond donors (Lipinski definition) is 2. The fourth-order valence-electron chi connectivity index (χ4n) is 4.17. The Balaban J connectivity index is 1.28. The number of ether oxygens (including phenoxy) is 1. The molecule has 35 heavy (non-hydrogen) atoms. The third-order valence-corrected chi connectivity index (χ3v) is 7.93. The highest BCUT2D eigenvalue weighted by atomic mass is 32.2. The Labute approximate surface area is 204 Å². The van der Waals surface area contributed by atoms with Crippen molar-refractivity contribution < 1.29 is 17.9 Å². The maximum Gasteiger partial charge on any atom is 0.255 e. The summed E-state index contributed by atoms with van der Waals surface area (Å²) in [6, 6.07) is 21.1. The van der Waals surface area contributed by atoms with Crippen molar-refractivity contribution >= 4 is 32.7 Å². The average Bonchev–Trinajstić information content (AvgIpc) is 3.54. The summed E-state index contributed by atoms with van der Waals surface area (Å²) >= 11 is 0. The molecule has 1 unspecified atom stereocenters. The van der Waals surface area contributed by atoms with E-state index in [4.69, 9.17) is 4.74 Å². The second-order valence-corrected chi connectivity index (χ2v) is 10.6. The van der Waals surface area contributed by atoms with E-state index in [0.717, 1.165) is 29.4 Å². The summed E-state index contributed by atoms with van der Waals surface area (Å²) in [4.78, 5) is 20.8. The molecule has 2 heterocycles. The molecule has 8 nitrogen and oxygen atoms in total. The van der Waals surface area contributed by atoms with Crippen LogP contribution in [0, 0.1) is 0 Å². The van der Waals surface area contributed by atoms with Gasteiger partial charge in [-0.15, -0.1) is 0 Å². The number of imidazole rings is 1. The monoisotopic (exact) mass is 490 g/mol. The van der Waals surface area contributed by atoms with E-state index in [1.807, 2.05) is 42.5 Å². The van der Waals surface area contributed by atoms with E-state index in [2.05, 4.69) is 15.3 Å². The standard InChI is InChI=1S/C26H26N4O4S/c1-30(17-21-8-5-15-34-21)35(32,33)22-13-11-18(12-14-22)26(31)27-20-7-4-6-19(16-20)25-28-23-9-2-3-10-24(23)29-25/h2-4,6-7,9-14,16,21H,5,8,15,17H2,1H3,(H,27,31)(H,28,29). The number of rotatable bonds is 7. The second-order valence-electron chi connectivity index (χ2n) is 8.58. The van der Waals surface area contributed by atoms with Crippen LogP contribution in [0.1, 0.15) is 23.2 Å². The molecule has 2 N–H and O–H groups in total. The molecule has 0 saturated carbocycles. The van der Waals surface area contributed by atoms with E-state index < -0.39 is 10.0 Å². The Morgan fingerprint density at radius 3 is 2.66 bits per heavy atom. The van der Waals surface area contributed by atoms with Gasteiger partial charge in [-0.3, -0.25) is 4.79 Å². The largest absolute Gasteiger partial charge is 0.377 e. The van der Waals surface area contributed by atoms with Crippen molar-refractivity contribution in [2.24, 2.45) is 0 Å². The Kier molecular flexibility index (Phi) is 6.38. The number of carbonyl (C=O) groups excluding carboxylic acids is 1. The van der Waals surface area contributed by atoms with Crippen molar-refractivity contribution in [3.05, 3.63) is 78.4 Å². The zero-order valence-corrected chi connectivity index (χ0v) is 20.1. The van der Waals surface area contributed by atoms with Gasteiger partial charge < -0.3 is 15.0 Å². The van der Waals surface area contributed by atoms with Crippen molar-refractivity contribution in [1.82, 2.24) is 14.3 Å². The first-order valence-electron chi connectivity index (χ1n) is 11.4.